The van der Waals surface area contributed by atoms with Crippen LogP contribution in [0.2, 0.25) is 0 Å². The summed E-state index contributed by atoms with van der Waals surface area (Å²) in [5.41, 5.74) is 4.23. The highest BCUT2D eigenvalue weighted by atomic mass is 79.9. The second-order valence-corrected chi connectivity index (χ2v) is 10.4. The molecule has 0 saturated carbocycles. The second-order valence-electron chi connectivity index (χ2n) is 7.18. The molecule has 0 aromatic heterocycles. The van der Waals surface area contributed by atoms with Crippen LogP contribution in [-0.4, -0.2) is 30.8 Å². The van der Waals surface area contributed by atoms with Crippen molar-refractivity contribution in [3.05, 3.63) is 69.7 Å². The third-order valence-electron chi connectivity index (χ3n) is 5.40. The quantitative estimate of drug-likeness (QED) is 0.399. The lowest BCUT2D eigenvalue weighted by Crippen LogP contribution is -2.29. The monoisotopic (exact) mass is 449 g/mol. The van der Waals surface area contributed by atoms with Gasteiger partial charge in [-0.1, -0.05) is 57.5 Å². The van der Waals surface area contributed by atoms with Gasteiger partial charge in [0.05, 0.1) is 17.2 Å². The number of rotatable bonds is 5. The van der Waals surface area contributed by atoms with Crippen LogP contribution in [0.5, 0.6) is 0 Å². The first-order valence-corrected chi connectivity index (χ1v) is 11.7. The summed E-state index contributed by atoms with van der Waals surface area (Å²) in [7, 11) is -2.94. The third kappa shape index (κ3) is 4.99. The lowest BCUT2D eigenvalue weighted by Gasteiger charge is -2.26. The summed E-state index contributed by atoms with van der Waals surface area (Å²) in [5.74, 6) is 0.415. The third-order valence-corrected chi connectivity index (χ3v) is 7.65. The summed E-state index contributed by atoms with van der Waals surface area (Å²) in [6.45, 7) is 2.09. The van der Waals surface area contributed by atoms with E-state index in [0.717, 1.165) is 10.0 Å². The minimum Gasteiger partial charge on any atom is -0.411 e. The fourth-order valence-corrected chi connectivity index (χ4v) is 5.56. The van der Waals surface area contributed by atoms with Gasteiger partial charge in [0.1, 0.15) is 9.84 Å². The zero-order valence-corrected chi connectivity index (χ0v) is 17.7. The summed E-state index contributed by atoms with van der Waals surface area (Å²) in [5, 5.41) is 13.3. The second kappa shape index (κ2) is 8.57. The van der Waals surface area contributed by atoms with E-state index >= 15 is 0 Å². The van der Waals surface area contributed by atoms with E-state index < -0.39 is 9.84 Å². The molecule has 1 unspecified atom stereocenters. The molecule has 1 aliphatic rings. The van der Waals surface area contributed by atoms with Gasteiger partial charge in [-0.05, 0) is 48.6 Å². The normalized spacial score (nSPS) is 19.0. The van der Waals surface area contributed by atoms with Gasteiger partial charge in [-0.2, -0.15) is 0 Å². The Balaban J connectivity index is 1.91. The molecule has 0 amide bonds. The van der Waals surface area contributed by atoms with E-state index in [1.54, 1.807) is 0 Å². The fraction of sp³-hybridized carbons (Fsp3) is 0.381. The van der Waals surface area contributed by atoms with Crippen molar-refractivity contribution in [2.24, 2.45) is 11.1 Å². The first-order chi connectivity index (χ1) is 12.9. The predicted molar refractivity (Wildman–Crippen MR) is 112 cm³/mol. The highest BCUT2D eigenvalue weighted by Crippen LogP contribution is 2.34. The van der Waals surface area contributed by atoms with E-state index in [2.05, 4.69) is 52.3 Å². The van der Waals surface area contributed by atoms with Crippen LogP contribution in [0.1, 0.15) is 41.9 Å². The Morgan fingerprint density at radius 3 is 2.37 bits per heavy atom. The topological polar surface area (TPSA) is 66.7 Å². The van der Waals surface area contributed by atoms with Gasteiger partial charge < -0.3 is 5.21 Å². The number of hydrogen-bond donors (Lipinski definition) is 1. The van der Waals surface area contributed by atoms with E-state index in [9.17, 15) is 13.6 Å². The highest BCUT2D eigenvalue weighted by Gasteiger charge is 2.30. The van der Waals surface area contributed by atoms with E-state index in [1.165, 1.54) is 11.1 Å². The Kier molecular flexibility index (Phi) is 6.37. The Morgan fingerprint density at radius 1 is 1.15 bits per heavy atom. The molecule has 1 fully saturated rings. The number of oxime groups is 1. The lowest BCUT2D eigenvalue weighted by atomic mass is 9.81. The molecule has 6 heteroatoms. The molecule has 2 aromatic rings. The largest absolute Gasteiger partial charge is 0.411 e. The SMILES string of the molecule is Cc1ccccc1C(C/C(=N\O)C1CCS(=O)(=O)CC1)c1ccc(Br)cc1. The van der Waals surface area contributed by atoms with Gasteiger partial charge in [0.2, 0.25) is 0 Å². The van der Waals surface area contributed by atoms with Crippen LogP contribution in [0.3, 0.4) is 0 Å². The van der Waals surface area contributed by atoms with Crippen molar-refractivity contribution in [1.82, 2.24) is 0 Å². The fourth-order valence-electron chi connectivity index (χ4n) is 3.80. The van der Waals surface area contributed by atoms with E-state index in [4.69, 9.17) is 0 Å². The molecule has 144 valence electrons. The maximum atomic E-state index is 11.7. The molecule has 1 heterocycles. The Bertz CT molecular complexity index is 909. The molecule has 2 aromatic carbocycles. The number of benzene rings is 2. The van der Waals surface area contributed by atoms with Crippen molar-refractivity contribution in [2.75, 3.05) is 11.5 Å². The smallest absolute Gasteiger partial charge is 0.150 e. The molecule has 4 nitrogen and oxygen atoms in total. The minimum atomic E-state index is -2.94. The molecule has 1 atom stereocenters. The van der Waals surface area contributed by atoms with Crippen LogP contribution < -0.4 is 0 Å². The standard InChI is InChI=1S/C21H24BrNO3S/c1-15-4-2-3-5-19(15)20(16-6-8-18(22)9-7-16)14-21(23-24)17-10-12-27(25,26)13-11-17/h2-9,17,20,24H,10-14H2,1H3/b23-21+. The predicted octanol–water partition coefficient (Wildman–Crippen LogP) is 4.93. The van der Waals surface area contributed by atoms with Gasteiger partial charge in [0.15, 0.2) is 0 Å². The van der Waals surface area contributed by atoms with Crippen LogP contribution in [0.15, 0.2) is 58.2 Å². The van der Waals surface area contributed by atoms with Gasteiger partial charge in [-0.3, -0.25) is 0 Å². The molecule has 1 aliphatic heterocycles. The zero-order chi connectivity index (χ0) is 19.4. The number of hydrogen-bond acceptors (Lipinski definition) is 4. The van der Waals surface area contributed by atoms with E-state index in [1.807, 2.05) is 24.3 Å². The van der Waals surface area contributed by atoms with Crippen LogP contribution in [0.4, 0.5) is 0 Å². The van der Waals surface area contributed by atoms with Crippen molar-refractivity contribution < 1.29 is 13.6 Å². The maximum absolute atomic E-state index is 11.7. The molecule has 0 aliphatic carbocycles. The van der Waals surface area contributed by atoms with Crippen molar-refractivity contribution in [2.45, 2.75) is 32.1 Å². The van der Waals surface area contributed by atoms with Crippen LogP contribution in [0.25, 0.3) is 0 Å². The number of halogens is 1. The van der Waals surface area contributed by atoms with Crippen molar-refractivity contribution in [3.8, 4) is 0 Å². The molecule has 0 radical (unpaired) electrons. The van der Waals surface area contributed by atoms with Gasteiger partial charge in [0, 0.05) is 22.7 Å². The zero-order valence-electron chi connectivity index (χ0n) is 15.3. The Labute approximate surface area is 169 Å². The van der Waals surface area contributed by atoms with Gasteiger partial charge in [-0.25, -0.2) is 8.42 Å². The summed E-state index contributed by atoms with van der Waals surface area (Å²) in [4.78, 5) is 0. The molecular weight excluding hydrogens is 426 g/mol. The van der Waals surface area contributed by atoms with Crippen LogP contribution in [-0.2, 0) is 9.84 Å². The number of aryl methyl sites for hydroxylation is 1. The Morgan fingerprint density at radius 2 is 1.78 bits per heavy atom. The van der Waals surface area contributed by atoms with Crippen LogP contribution in [0, 0.1) is 12.8 Å². The maximum Gasteiger partial charge on any atom is 0.150 e. The van der Waals surface area contributed by atoms with Gasteiger partial charge in [0.25, 0.3) is 0 Å². The average molecular weight is 450 g/mol. The Hall–Kier alpha value is -1.66. The van der Waals surface area contributed by atoms with Gasteiger partial charge >= 0.3 is 0 Å². The van der Waals surface area contributed by atoms with Crippen LogP contribution >= 0.6 is 15.9 Å². The molecule has 3 rings (SSSR count). The first kappa shape index (κ1) is 20.1. The number of sulfone groups is 1. The molecule has 0 bridgehead atoms. The van der Waals surface area contributed by atoms with Crippen molar-refractivity contribution in [1.29, 1.82) is 0 Å². The summed E-state index contributed by atoms with van der Waals surface area (Å²) in [6, 6.07) is 16.4. The summed E-state index contributed by atoms with van der Waals surface area (Å²) >= 11 is 3.48. The van der Waals surface area contributed by atoms with Crippen molar-refractivity contribution >= 4 is 31.5 Å². The average Bonchev–Trinajstić information content (AvgIpc) is 2.65. The molecule has 27 heavy (non-hydrogen) atoms. The summed E-state index contributed by atoms with van der Waals surface area (Å²) in [6.07, 6.45) is 1.64. The van der Waals surface area contributed by atoms with Gasteiger partial charge in [-0.15, -0.1) is 0 Å². The molecular formula is C21H24BrNO3S. The van der Waals surface area contributed by atoms with E-state index in [-0.39, 0.29) is 23.3 Å². The highest BCUT2D eigenvalue weighted by molar-refractivity contribution is 9.10. The summed E-state index contributed by atoms with van der Waals surface area (Å²) < 4.78 is 24.5. The molecule has 0 spiro atoms. The minimum absolute atomic E-state index is 0.0143. The first-order valence-electron chi connectivity index (χ1n) is 9.12. The lowest BCUT2D eigenvalue weighted by molar-refractivity contribution is 0.311. The molecule has 1 saturated heterocycles. The van der Waals surface area contributed by atoms with E-state index in [0.29, 0.717) is 25.0 Å². The molecule has 1 N–H and O–H groups in total. The van der Waals surface area contributed by atoms with Crippen molar-refractivity contribution in [3.63, 3.8) is 0 Å². The number of nitrogens with zero attached hydrogens (tertiary/aromatic N) is 1.